The molecule has 0 fully saturated rings. The Labute approximate surface area is 116 Å². The SMILES string of the molecule is CCNC(CC)c1ccn(CC(=O)NCC(C)C)c1. The summed E-state index contributed by atoms with van der Waals surface area (Å²) < 4.78 is 1.95. The zero-order valence-electron chi connectivity index (χ0n) is 12.6. The third-order valence-electron chi connectivity index (χ3n) is 3.07. The Morgan fingerprint density at radius 1 is 1.37 bits per heavy atom. The van der Waals surface area contributed by atoms with Crippen molar-refractivity contribution in [2.45, 2.75) is 46.7 Å². The zero-order valence-corrected chi connectivity index (χ0v) is 12.6. The standard InChI is InChI=1S/C15H27N3O/c1-5-14(16-6-2)13-7-8-18(10-13)11-15(19)17-9-12(3)4/h7-8,10,12,14,16H,5-6,9,11H2,1-4H3,(H,17,19). The number of rotatable bonds is 8. The summed E-state index contributed by atoms with van der Waals surface area (Å²) in [5, 5.41) is 6.37. The molecule has 4 heteroatoms. The van der Waals surface area contributed by atoms with Gasteiger partial charge in [0.2, 0.25) is 5.91 Å². The fourth-order valence-corrected chi connectivity index (χ4v) is 2.05. The van der Waals surface area contributed by atoms with Crippen molar-refractivity contribution in [2.75, 3.05) is 13.1 Å². The van der Waals surface area contributed by atoms with Crippen LogP contribution in [0, 0.1) is 5.92 Å². The molecule has 1 rings (SSSR count). The van der Waals surface area contributed by atoms with E-state index in [0.29, 0.717) is 18.5 Å². The predicted molar refractivity (Wildman–Crippen MR) is 79.0 cm³/mol. The maximum absolute atomic E-state index is 11.7. The van der Waals surface area contributed by atoms with Crippen LogP contribution in [0.1, 0.15) is 45.7 Å². The number of aromatic nitrogens is 1. The largest absolute Gasteiger partial charge is 0.354 e. The molecule has 0 aromatic carbocycles. The van der Waals surface area contributed by atoms with Gasteiger partial charge in [-0.25, -0.2) is 0 Å². The summed E-state index contributed by atoms with van der Waals surface area (Å²) in [7, 11) is 0. The van der Waals surface area contributed by atoms with E-state index >= 15 is 0 Å². The van der Waals surface area contributed by atoms with E-state index in [1.807, 2.05) is 10.8 Å². The van der Waals surface area contributed by atoms with E-state index in [4.69, 9.17) is 0 Å². The first-order valence-electron chi connectivity index (χ1n) is 7.22. The molecule has 19 heavy (non-hydrogen) atoms. The molecule has 0 saturated heterocycles. The molecule has 1 atom stereocenters. The predicted octanol–water partition coefficient (Wildman–Crippen LogP) is 2.32. The molecule has 0 radical (unpaired) electrons. The number of hydrogen-bond acceptors (Lipinski definition) is 2. The lowest BCUT2D eigenvalue weighted by atomic mass is 10.1. The molecule has 1 aromatic heterocycles. The second-order valence-electron chi connectivity index (χ2n) is 5.33. The van der Waals surface area contributed by atoms with Crippen LogP contribution < -0.4 is 10.6 Å². The van der Waals surface area contributed by atoms with Crippen LogP contribution in [0.4, 0.5) is 0 Å². The lowest BCUT2D eigenvalue weighted by molar-refractivity contribution is -0.121. The van der Waals surface area contributed by atoms with Gasteiger partial charge in [0, 0.05) is 25.0 Å². The van der Waals surface area contributed by atoms with E-state index in [1.54, 1.807) is 0 Å². The van der Waals surface area contributed by atoms with Crippen LogP contribution in [-0.4, -0.2) is 23.6 Å². The number of carbonyl (C=O) groups excluding carboxylic acids is 1. The van der Waals surface area contributed by atoms with Gasteiger partial charge in [0.05, 0.1) is 0 Å². The van der Waals surface area contributed by atoms with Crippen molar-refractivity contribution in [3.05, 3.63) is 24.0 Å². The summed E-state index contributed by atoms with van der Waals surface area (Å²) in [5.41, 5.74) is 1.25. The molecule has 1 unspecified atom stereocenters. The van der Waals surface area contributed by atoms with E-state index in [2.05, 4.69) is 50.6 Å². The monoisotopic (exact) mass is 265 g/mol. The summed E-state index contributed by atoms with van der Waals surface area (Å²) in [6, 6.07) is 2.47. The van der Waals surface area contributed by atoms with Gasteiger partial charge in [-0.05, 0) is 30.5 Å². The van der Waals surface area contributed by atoms with Gasteiger partial charge in [-0.1, -0.05) is 27.7 Å². The van der Waals surface area contributed by atoms with Crippen LogP contribution in [0.5, 0.6) is 0 Å². The average Bonchev–Trinajstić information content (AvgIpc) is 2.81. The highest BCUT2D eigenvalue weighted by Crippen LogP contribution is 2.16. The van der Waals surface area contributed by atoms with Crippen molar-refractivity contribution in [3.8, 4) is 0 Å². The first-order valence-corrected chi connectivity index (χ1v) is 7.22. The molecule has 0 aliphatic rings. The molecule has 0 aliphatic carbocycles. The molecular weight excluding hydrogens is 238 g/mol. The second-order valence-corrected chi connectivity index (χ2v) is 5.33. The van der Waals surface area contributed by atoms with E-state index in [0.717, 1.165) is 19.5 Å². The Kier molecular flexibility index (Phi) is 6.64. The second kappa shape index (κ2) is 8.00. The van der Waals surface area contributed by atoms with Crippen LogP contribution in [0.15, 0.2) is 18.5 Å². The van der Waals surface area contributed by atoms with E-state index < -0.39 is 0 Å². The van der Waals surface area contributed by atoms with Crippen LogP contribution in [0.2, 0.25) is 0 Å². The number of amides is 1. The van der Waals surface area contributed by atoms with Gasteiger partial charge in [-0.15, -0.1) is 0 Å². The minimum atomic E-state index is 0.0762. The zero-order chi connectivity index (χ0) is 14.3. The molecule has 2 N–H and O–H groups in total. The topological polar surface area (TPSA) is 46.1 Å². The van der Waals surface area contributed by atoms with Crippen LogP contribution in [0.3, 0.4) is 0 Å². The van der Waals surface area contributed by atoms with Gasteiger partial charge < -0.3 is 15.2 Å². The number of nitrogens with zero attached hydrogens (tertiary/aromatic N) is 1. The number of hydrogen-bond donors (Lipinski definition) is 2. The molecule has 0 spiro atoms. The molecule has 0 aliphatic heterocycles. The molecule has 1 heterocycles. The molecule has 0 saturated carbocycles. The number of carbonyl (C=O) groups is 1. The fourth-order valence-electron chi connectivity index (χ4n) is 2.05. The van der Waals surface area contributed by atoms with Gasteiger partial charge in [-0.3, -0.25) is 4.79 Å². The maximum Gasteiger partial charge on any atom is 0.239 e. The molecule has 0 bridgehead atoms. The van der Waals surface area contributed by atoms with Crippen molar-refractivity contribution in [1.29, 1.82) is 0 Å². The first kappa shape index (κ1) is 15.8. The van der Waals surface area contributed by atoms with Crippen molar-refractivity contribution >= 4 is 5.91 Å². The molecule has 1 aromatic rings. The Hall–Kier alpha value is -1.29. The van der Waals surface area contributed by atoms with Crippen LogP contribution in [0.25, 0.3) is 0 Å². The third kappa shape index (κ3) is 5.47. The highest BCUT2D eigenvalue weighted by atomic mass is 16.1. The summed E-state index contributed by atoms with van der Waals surface area (Å²) in [4.78, 5) is 11.7. The van der Waals surface area contributed by atoms with Gasteiger partial charge in [-0.2, -0.15) is 0 Å². The van der Waals surface area contributed by atoms with Gasteiger partial charge in [0.15, 0.2) is 0 Å². The smallest absolute Gasteiger partial charge is 0.239 e. The van der Waals surface area contributed by atoms with Crippen LogP contribution in [-0.2, 0) is 11.3 Å². The van der Waals surface area contributed by atoms with E-state index in [9.17, 15) is 4.79 Å². The Bertz CT molecular complexity index is 384. The Balaban J connectivity index is 2.52. The number of nitrogens with one attached hydrogen (secondary N) is 2. The lowest BCUT2D eigenvalue weighted by Crippen LogP contribution is -2.30. The third-order valence-corrected chi connectivity index (χ3v) is 3.07. The van der Waals surface area contributed by atoms with Crippen molar-refractivity contribution in [3.63, 3.8) is 0 Å². The highest BCUT2D eigenvalue weighted by molar-refractivity contribution is 5.75. The Morgan fingerprint density at radius 2 is 2.11 bits per heavy atom. The van der Waals surface area contributed by atoms with Crippen molar-refractivity contribution in [2.24, 2.45) is 5.92 Å². The maximum atomic E-state index is 11.7. The molecule has 1 amide bonds. The van der Waals surface area contributed by atoms with Gasteiger partial charge in [0.25, 0.3) is 0 Å². The first-order chi connectivity index (χ1) is 9.06. The minimum Gasteiger partial charge on any atom is -0.354 e. The fraction of sp³-hybridized carbons (Fsp3) is 0.667. The molecular formula is C15H27N3O. The van der Waals surface area contributed by atoms with Gasteiger partial charge >= 0.3 is 0 Å². The van der Waals surface area contributed by atoms with Crippen molar-refractivity contribution in [1.82, 2.24) is 15.2 Å². The summed E-state index contributed by atoms with van der Waals surface area (Å²) in [5.74, 6) is 0.565. The minimum absolute atomic E-state index is 0.0762. The van der Waals surface area contributed by atoms with Gasteiger partial charge in [0.1, 0.15) is 6.54 Å². The van der Waals surface area contributed by atoms with Crippen molar-refractivity contribution < 1.29 is 4.79 Å². The molecule has 108 valence electrons. The average molecular weight is 265 g/mol. The lowest BCUT2D eigenvalue weighted by Gasteiger charge is -2.14. The Morgan fingerprint density at radius 3 is 2.68 bits per heavy atom. The highest BCUT2D eigenvalue weighted by Gasteiger charge is 2.10. The molecule has 4 nitrogen and oxygen atoms in total. The summed E-state index contributed by atoms with van der Waals surface area (Å²) in [6.45, 7) is 10.6. The quantitative estimate of drug-likeness (QED) is 0.758. The normalized spacial score (nSPS) is 12.7. The van der Waals surface area contributed by atoms with E-state index in [1.165, 1.54) is 5.56 Å². The summed E-state index contributed by atoms with van der Waals surface area (Å²) >= 11 is 0. The van der Waals surface area contributed by atoms with E-state index in [-0.39, 0.29) is 5.91 Å². The summed E-state index contributed by atoms with van der Waals surface area (Å²) in [6.07, 6.45) is 5.09. The van der Waals surface area contributed by atoms with Crippen LogP contribution >= 0.6 is 0 Å².